The molecule has 0 saturated carbocycles. The Hall–Kier alpha value is -2.36. The Balaban J connectivity index is 1.82. The van der Waals surface area contributed by atoms with Crippen LogP contribution in [-0.4, -0.2) is 10.5 Å². The largest absolute Gasteiger partial charge is 0.322 e. The molecule has 102 valence electrons. The number of benzene rings is 1. The third-order valence-electron chi connectivity index (χ3n) is 3.72. The molecule has 4 nitrogen and oxygen atoms in total. The van der Waals surface area contributed by atoms with Gasteiger partial charge in [0.2, 0.25) is 0 Å². The quantitative estimate of drug-likeness (QED) is 0.907. The molecule has 1 N–H and O–H groups in total. The van der Waals surface area contributed by atoms with Crippen LogP contribution in [0.1, 0.15) is 27.9 Å². The lowest BCUT2D eigenvalue weighted by Crippen LogP contribution is -2.20. The molecule has 1 aliphatic rings. The zero-order valence-electron chi connectivity index (χ0n) is 11.3. The molecule has 1 heterocycles. The summed E-state index contributed by atoms with van der Waals surface area (Å²) in [7, 11) is 1.66. The molecule has 0 saturated heterocycles. The van der Waals surface area contributed by atoms with E-state index in [1.807, 2.05) is 12.1 Å². The summed E-state index contributed by atoms with van der Waals surface area (Å²) in [6.07, 6.45) is 4.98. The highest BCUT2D eigenvalue weighted by atomic mass is 16.2. The minimum atomic E-state index is -0.249. The summed E-state index contributed by atoms with van der Waals surface area (Å²) in [4.78, 5) is 23.7. The summed E-state index contributed by atoms with van der Waals surface area (Å²) in [5.41, 5.74) is 3.67. The van der Waals surface area contributed by atoms with Gasteiger partial charge in [-0.15, -0.1) is 0 Å². The van der Waals surface area contributed by atoms with Crippen molar-refractivity contribution in [2.75, 3.05) is 5.32 Å². The van der Waals surface area contributed by atoms with Gasteiger partial charge in [0.05, 0.1) is 0 Å². The van der Waals surface area contributed by atoms with Crippen molar-refractivity contribution in [1.29, 1.82) is 0 Å². The topological polar surface area (TPSA) is 51.1 Å². The van der Waals surface area contributed by atoms with Gasteiger partial charge < -0.3 is 9.88 Å². The number of pyridine rings is 1. The van der Waals surface area contributed by atoms with Crippen molar-refractivity contribution >= 4 is 11.6 Å². The molecule has 0 radical (unpaired) electrons. The fourth-order valence-corrected chi connectivity index (χ4v) is 2.54. The van der Waals surface area contributed by atoms with Gasteiger partial charge in [0.1, 0.15) is 0 Å². The van der Waals surface area contributed by atoms with Crippen LogP contribution >= 0.6 is 0 Å². The van der Waals surface area contributed by atoms with Gasteiger partial charge in [0.15, 0.2) is 0 Å². The highest BCUT2D eigenvalue weighted by Gasteiger charge is 2.12. The summed E-state index contributed by atoms with van der Waals surface area (Å²) < 4.78 is 1.44. The standard InChI is InChI=1S/C16H16N2O2/c1-18-8-7-13(10-15(18)19)16(20)17-14-6-5-11-3-2-4-12(11)9-14/h5-10H,2-4H2,1H3,(H,17,20). The SMILES string of the molecule is Cn1ccc(C(=O)Nc2ccc3c(c2)CCC3)cc1=O. The van der Waals surface area contributed by atoms with E-state index in [1.165, 1.54) is 28.2 Å². The maximum absolute atomic E-state index is 12.1. The number of aromatic nitrogens is 1. The molecule has 0 spiro atoms. The van der Waals surface area contributed by atoms with Crippen LogP contribution in [0.3, 0.4) is 0 Å². The Kier molecular flexibility index (Phi) is 3.14. The zero-order valence-corrected chi connectivity index (χ0v) is 11.3. The van der Waals surface area contributed by atoms with Gasteiger partial charge >= 0.3 is 0 Å². The first kappa shape index (κ1) is 12.7. The molecule has 4 heteroatoms. The van der Waals surface area contributed by atoms with Crippen molar-refractivity contribution in [3.8, 4) is 0 Å². The van der Waals surface area contributed by atoms with E-state index < -0.39 is 0 Å². The second-order valence-corrected chi connectivity index (χ2v) is 5.16. The minimum Gasteiger partial charge on any atom is -0.322 e. The summed E-state index contributed by atoms with van der Waals surface area (Å²) >= 11 is 0. The smallest absolute Gasteiger partial charge is 0.255 e. The number of nitrogens with zero attached hydrogens (tertiary/aromatic N) is 1. The summed E-state index contributed by atoms with van der Waals surface area (Å²) in [5, 5.41) is 2.85. The van der Waals surface area contributed by atoms with Crippen molar-refractivity contribution in [1.82, 2.24) is 4.57 Å². The van der Waals surface area contributed by atoms with E-state index in [-0.39, 0.29) is 11.5 Å². The first-order chi connectivity index (χ1) is 9.63. The summed E-state index contributed by atoms with van der Waals surface area (Å²) in [5.74, 6) is -0.249. The zero-order chi connectivity index (χ0) is 14.1. The number of rotatable bonds is 2. The van der Waals surface area contributed by atoms with Crippen molar-refractivity contribution in [3.05, 3.63) is 63.6 Å². The molecule has 0 aliphatic heterocycles. The summed E-state index contributed by atoms with van der Waals surface area (Å²) in [6, 6.07) is 9.01. The van der Waals surface area contributed by atoms with E-state index in [9.17, 15) is 9.59 Å². The first-order valence-corrected chi connectivity index (χ1v) is 6.73. The Labute approximate surface area is 117 Å². The lowest BCUT2D eigenvalue weighted by Gasteiger charge is -2.08. The van der Waals surface area contributed by atoms with Gasteiger partial charge in [-0.2, -0.15) is 0 Å². The van der Waals surface area contributed by atoms with Gasteiger partial charge in [-0.3, -0.25) is 9.59 Å². The van der Waals surface area contributed by atoms with Gasteiger partial charge in [0, 0.05) is 30.6 Å². The molecule has 1 aromatic carbocycles. The number of amides is 1. The maximum Gasteiger partial charge on any atom is 0.255 e. The van der Waals surface area contributed by atoms with Crippen molar-refractivity contribution < 1.29 is 4.79 Å². The Bertz CT molecular complexity index is 731. The molecule has 2 aromatic rings. The van der Waals surface area contributed by atoms with Crippen LogP contribution in [0.4, 0.5) is 5.69 Å². The van der Waals surface area contributed by atoms with E-state index in [2.05, 4.69) is 11.4 Å². The van der Waals surface area contributed by atoms with Crippen LogP contribution in [0.5, 0.6) is 0 Å². The second-order valence-electron chi connectivity index (χ2n) is 5.16. The number of fused-ring (bicyclic) bond motifs is 1. The van der Waals surface area contributed by atoms with E-state index in [0.717, 1.165) is 18.5 Å². The predicted octanol–water partition coefficient (Wildman–Crippen LogP) is 2.13. The predicted molar refractivity (Wildman–Crippen MR) is 78.1 cm³/mol. The van der Waals surface area contributed by atoms with E-state index >= 15 is 0 Å². The Morgan fingerprint density at radius 2 is 1.95 bits per heavy atom. The molecule has 0 fully saturated rings. The number of nitrogens with one attached hydrogen (secondary N) is 1. The third-order valence-corrected chi connectivity index (χ3v) is 3.72. The van der Waals surface area contributed by atoms with Crippen molar-refractivity contribution in [2.24, 2.45) is 7.05 Å². The van der Waals surface area contributed by atoms with Gasteiger partial charge in [-0.1, -0.05) is 6.07 Å². The van der Waals surface area contributed by atoms with Gasteiger partial charge in [-0.25, -0.2) is 0 Å². The van der Waals surface area contributed by atoms with Crippen LogP contribution in [0.25, 0.3) is 0 Å². The Morgan fingerprint density at radius 1 is 1.15 bits per heavy atom. The number of hydrogen-bond acceptors (Lipinski definition) is 2. The van der Waals surface area contributed by atoms with Crippen LogP contribution in [0, 0.1) is 0 Å². The third kappa shape index (κ3) is 2.37. The number of hydrogen-bond donors (Lipinski definition) is 1. The molecule has 1 amide bonds. The number of anilines is 1. The van der Waals surface area contributed by atoms with Crippen LogP contribution in [0.2, 0.25) is 0 Å². The van der Waals surface area contributed by atoms with E-state index in [1.54, 1.807) is 19.3 Å². The number of carbonyl (C=O) groups is 1. The second kappa shape index (κ2) is 4.96. The monoisotopic (exact) mass is 268 g/mol. The van der Waals surface area contributed by atoms with E-state index in [4.69, 9.17) is 0 Å². The van der Waals surface area contributed by atoms with Crippen molar-refractivity contribution in [3.63, 3.8) is 0 Å². The Morgan fingerprint density at radius 3 is 2.75 bits per heavy atom. The highest BCUT2D eigenvalue weighted by molar-refractivity contribution is 6.04. The normalized spacial score (nSPS) is 13.1. The molecule has 0 unspecified atom stereocenters. The van der Waals surface area contributed by atoms with Crippen LogP contribution in [0.15, 0.2) is 41.3 Å². The molecule has 1 aromatic heterocycles. The average molecular weight is 268 g/mol. The lowest BCUT2D eigenvalue weighted by atomic mass is 10.1. The summed E-state index contributed by atoms with van der Waals surface area (Å²) in [6.45, 7) is 0. The number of carbonyl (C=O) groups excluding carboxylic acids is 1. The lowest BCUT2D eigenvalue weighted by molar-refractivity contribution is 0.102. The molecule has 1 aliphatic carbocycles. The maximum atomic E-state index is 12.1. The average Bonchev–Trinajstić information content (AvgIpc) is 2.89. The molecule has 0 bridgehead atoms. The van der Waals surface area contributed by atoms with Crippen LogP contribution in [-0.2, 0) is 19.9 Å². The number of aryl methyl sites for hydroxylation is 3. The molecular weight excluding hydrogens is 252 g/mol. The van der Waals surface area contributed by atoms with Crippen LogP contribution < -0.4 is 10.9 Å². The van der Waals surface area contributed by atoms with Gasteiger partial charge in [0.25, 0.3) is 11.5 Å². The first-order valence-electron chi connectivity index (χ1n) is 6.73. The van der Waals surface area contributed by atoms with Crippen molar-refractivity contribution in [2.45, 2.75) is 19.3 Å². The fourth-order valence-electron chi connectivity index (χ4n) is 2.54. The van der Waals surface area contributed by atoms with E-state index in [0.29, 0.717) is 5.56 Å². The fraction of sp³-hybridized carbons (Fsp3) is 0.250. The molecule has 20 heavy (non-hydrogen) atoms. The highest BCUT2D eigenvalue weighted by Crippen LogP contribution is 2.25. The molecule has 3 rings (SSSR count). The van der Waals surface area contributed by atoms with Gasteiger partial charge in [-0.05, 0) is 48.6 Å². The molecular formula is C16H16N2O2. The molecule has 0 atom stereocenters. The minimum absolute atomic E-state index is 0.188.